The topological polar surface area (TPSA) is 137 Å². The van der Waals surface area contributed by atoms with Crippen LogP contribution in [0.1, 0.15) is 12.5 Å². The third-order valence-corrected chi connectivity index (χ3v) is 5.53. The van der Waals surface area contributed by atoms with Crippen molar-refractivity contribution >= 4 is 17.0 Å². The lowest BCUT2D eigenvalue weighted by atomic mass is 9.88. The van der Waals surface area contributed by atoms with Crippen LogP contribution in [0, 0.1) is 11.3 Å². The number of aliphatic hydroxyl groups excluding tert-OH is 3. The molecule has 2 saturated carbocycles. The van der Waals surface area contributed by atoms with E-state index in [1.165, 1.54) is 12.7 Å². The first-order chi connectivity index (χ1) is 11.0. The molecule has 0 amide bonds. The Bertz CT molecular complexity index is 767. The molecule has 2 aromatic rings. The van der Waals surface area contributed by atoms with Crippen LogP contribution in [0.5, 0.6) is 0 Å². The SMILES string of the molecule is CNc1ncnc2c1ncn2[C@@H]1C2C[C@@]2(CO)C(O)C1(O)CO. The van der Waals surface area contributed by atoms with Gasteiger partial charge in [-0.25, -0.2) is 15.0 Å². The molecular formula is C14H19N5O4. The molecule has 5 atom stereocenters. The summed E-state index contributed by atoms with van der Waals surface area (Å²) in [4.78, 5) is 12.6. The van der Waals surface area contributed by atoms with Gasteiger partial charge in [-0.3, -0.25) is 0 Å². The minimum atomic E-state index is -1.75. The summed E-state index contributed by atoms with van der Waals surface area (Å²) in [6.45, 7) is -0.845. The zero-order chi connectivity index (χ0) is 16.4. The number of rotatable bonds is 4. The third-order valence-electron chi connectivity index (χ3n) is 5.53. The Morgan fingerprint density at radius 3 is 2.74 bits per heavy atom. The molecule has 0 aliphatic heterocycles. The first-order valence-electron chi connectivity index (χ1n) is 7.51. The fraction of sp³-hybridized carbons (Fsp3) is 0.643. The number of imidazole rings is 1. The zero-order valence-electron chi connectivity index (χ0n) is 12.6. The molecule has 0 spiro atoms. The second kappa shape index (κ2) is 4.60. The highest BCUT2D eigenvalue weighted by Crippen LogP contribution is 2.70. The molecule has 3 unspecified atom stereocenters. The zero-order valence-corrected chi connectivity index (χ0v) is 12.6. The predicted molar refractivity (Wildman–Crippen MR) is 79.6 cm³/mol. The van der Waals surface area contributed by atoms with Gasteiger partial charge in [-0.05, 0) is 12.3 Å². The first-order valence-corrected chi connectivity index (χ1v) is 7.51. The van der Waals surface area contributed by atoms with Crippen molar-refractivity contribution in [2.24, 2.45) is 11.3 Å². The summed E-state index contributed by atoms with van der Waals surface area (Å²) in [6.07, 6.45) is 2.30. The van der Waals surface area contributed by atoms with Gasteiger partial charge in [-0.2, -0.15) is 0 Å². The number of aromatic nitrogens is 4. The average Bonchev–Trinajstić information content (AvgIpc) is 3.10. The van der Waals surface area contributed by atoms with E-state index < -0.39 is 29.8 Å². The minimum absolute atomic E-state index is 0.148. The van der Waals surface area contributed by atoms with E-state index in [1.807, 2.05) is 0 Å². The molecule has 5 N–H and O–H groups in total. The number of anilines is 1. The molecule has 2 heterocycles. The number of nitrogens with one attached hydrogen (secondary N) is 1. The van der Waals surface area contributed by atoms with E-state index in [4.69, 9.17) is 0 Å². The van der Waals surface area contributed by atoms with Crippen molar-refractivity contribution in [1.82, 2.24) is 19.5 Å². The minimum Gasteiger partial charge on any atom is -0.396 e. The monoisotopic (exact) mass is 321 g/mol. The summed E-state index contributed by atoms with van der Waals surface area (Å²) in [5.41, 5.74) is -1.46. The van der Waals surface area contributed by atoms with E-state index in [0.29, 0.717) is 23.4 Å². The maximum absolute atomic E-state index is 10.9. The van der Waals surface area contributed by atoms with Crippen molar-refractivity contribution in [2.75, 3.05) is 25.6 Å². The van der Waals surface area contributed by atoms with Gasteiger partial charge in [0.05, 0.1) is 31.7 Å². The molecule has 0 bridgehead atoms. The van der Waals surface area contributed by atoms with Gasteiger partial charge in [0, 0.05) is 12.5 Å². The Kier molecular flexibility index (Phi) is 2.95. The molecule has 0 radical (unpaired) electrons. The summed E-state index contributed by atoms with van der Waals surface area (Å²) >= 11 is 0. The summed E-state index contributed by atoms with van der Waals surface area (Å²) in [7, 11) is 1.72. The Morgan fingerprint density at radius 1 is 1.30 bits per heavy atom. The quantitative estimate of drug-likeness (QED) is 0.459. The first kappa shape index (κ1) is 14.8. The highest BCUT2D eigenvalue weighted by Gasteiger charge is 2.76. The largest absolute Gasteiger partial charge is 0.396 e. The Labute approximate surface area is 131 Å². The van der Waals surface area contributed by atoms with Crippen LogP contribution in [0.15, 0.2) is 12.7 Å². The fourth-order valence-electron chi connectivity index (χ4n) is 4.22. The van der Waals surface area contributed by atoms with E-state index in [-0.39, 0.29) is 12.5 Å². The van der Waals surface area contributed by atoms with Gasteiger partial charge in [0.2, 0.25) is 0 Å². The van der Waals surface area contributed by atoms with Crippen LogP contribution in [0.25, 0.3) is 11.2 Å². The van der Waals surface area contributed by atoms with Crippen molar-refractivity contribution in [1.29, 1.82) is 0 Å². The standard InChI is InChI=1S/C14H19N5O4/c1-15-10-8-11(17-5-16-10)19(6-18-8)9-7-2-13(7,3-20)12(22)14(9,23)4-21/h5-7,9,12,20-23H,2-4H2,1H3,(H,15,16,17)/t7?,9-,12?,13+,14?/m1/s1. The molecule has 4 rings (SSSR count). The predicted octanol–water partition coefficient (Wildman–Crippen LogP) is -1.49. The van der Waals surface area contributed by atoms with E-state index >= 15 is 0 Å². The van der Waals surface area contributed by atoms with Crippen LogP contribution >= 0.6 is 0 Å². The van der Waals surface area contributed by atoms with Crippen LogP contribution in [-0.4, -0.2) is 71.9 Å². The molecule has 2 aliphatic rings. The summed E-state index contributed by atoms with van der Waals surface area (Å²) in [5, 5.41) is 43.7. The molecule has 124 valence electrons. The molecular weight excluding hydrogens is 302 g/mol. The lowest BCUT2D eigenvalue weighted by Gasteiger charge is -2.35. The average molecular weight is 321 g/mol. The maximum Gasteiger partial charge on any atom is 0.165 e. The Hall–Kier alpha value is -1.81. The van der Waals surface area contributed by atoms with Crippen molar-refractivity contribution < 1.29 is 20.4 Å². The molecule has 2 aromatic heterocycles. The van der Waals surface area contributed by atoms with Gasteiger partial charge in [0.1, 0.15) is 17.4 Å². The number of hydrogen-bond acceptors (Lipinski definition) is 8. The highest BCUT2D eigenvalue weighted by molar-refractivity contribution is 5.82. The molecule has 23 heavy (non-hydrogen) atoms. The van der Waals surface area contributed by atoms with Crippen LogP contribution in [0.3, 0.4) is 0 Å². The highest BCUT2D eigenvalue weighted by atomic mass is 16.4. The maximum atomic E-state index is 10.9. The Balaban J connectivity index is 1.87. The van der Waals surface area contributed by atoms with Crippen LogP contribution in [-0.2, 0) is 0 Å². The molecule has 0 saturated heterocycles. The molecule has 9 nitrogen and oxygen atoms in total. The van der Waals surface area contributed by atoms with Crippen LogP contribution < -0.4 is 5.32 Å². The van der Waals surface area contributed by atoms with E-state index in [2.05, 4.69) is 20.3 Å². The van der Waals surface area contributed by atoms with E-state index in [0.717, 1.165) is 0 Å². The number of fused-ring (bicyclic) bond motifs is 2. The van der Waals surface area contributed by atoms with Gasteiger partial charge in [0.25, 0.3) is 0 Å². The molecule has 2 aliphatic carbocycles. The third kappa shape index (κ3) is 1.62. The number of nitrogens with zero attached hydrogens (tertiary/aromatic N) is 4. The normalized spacial score (nSPS) is 38.7. The van der Waals surface area contributed by atoms with E-state index in [9.17, 15) is 20.4 Å². The van der Waals surface area contributed by atoms with Gasteiger partial charge in [-0.1, -0.05) is 0 Å². The van der Waals surface area contributed by atoms with Gasteiger partial charge < -0.3 is 30.3 Å². The van der Waals surface area contributed by atoms with E-state index in [1.54, 1.807) is 11.6 Å². The number of hydrogen-bond donors (Lipinski definition) is 5. The second-order valence-electron chi connectivity index (χ2n) is 6.49. The second-order valence-corrected chi connectivity index (χ2v) is 6.49. The fourth-order valence-corrected chi connectivity index (χ4v) is 4.22. The molecule has 9 heteroatoms. The van der Waals surface area contributed by atoms with Crippen molar-refractivity contribution in [3.05, 3.63) is 12.7 Å². The Morgan fingerprint density at radius 2 is 2.09 bits per heavy atom. The summed E-state index contributed by atoms with van der Waals surface area (Å²) in [5.74, 6) is 0.411. The van der Waals surface area contributed by atoms with Crippen molar-refractivity contribution in [3.8, 4) is 0 Å². The lowest BCUT2D eigenvalue weighted by molar-refractivity contribution is -0.136. The van der Waals surface area contributed by atoms with Crippen molar-refractivity contribution in [3.63, 3.8) is 0 Å². The van der Waals surface area contributed by atoms with Crippen molar-refractivity contribution in [2.45, 2.75) is 24.2 Å². The van der Waals surface area contributed by atoms with Crippen LogP contribution in [0.2, 0.25) is 0 Å². The lowest BCUT2D eigenvalue weighted by Crippen LogP contribution is -2.52. The molecule has 0 aromatic carbocycles. The van der Waals surface area contributed by atoms with Gasteiger partial charge in [-0.15, -0.1) is 0 Å². The molecule has 2 fully saturated rings. The van der Waals surface area contributed by atoms with Gasteiger partial charge >= 0.3 is 0 Å². The summed E-state index contributed by atoms with van der Waals surface area (Å²) < 4.78 is 1.67. The smallest absolute Gasteiger partial charge is 0.165 e. The summed E-state index contributed by atoms with van der Waals surface area (Å²) in [6, 6.07) is -0.612. The number of aliphatic hydroxyl groups is 4. The van der Waals surface area contributed by atoms with Crippen LogP contribution in [0.4, 0.5) is 5.82 Å². The van der Waals surface area contributed by atoms with Gasteiger partial charge in [0.15, 0.2) is 11.5 Å².